The number of aromatic nitrogens is 2. The van der Waals surface area contributed by atoms with Crippen molar-refractivity contribution in [3.05, 3.63) is 87.7 Å². The molecule has 0 aliphatic heterocycles. The fourth-order valence-corrected chi connectivity index (χ4v) is 2.66. The molecule has 2 aromatic carbocycles. The van der Waals surface area contributed by atoms with Gasteiger partial charge in [0.1, 0.15) is 0 Å². The topological polar surface area (TPSA) is 61.0 Å². The van der Waals surface area contributed by atoms with E-state index in [1.165, 1.54) is 17.7 Å². The minimum atomic E-state index is -0.397. The average Bonchev–Trinajstić information content (AvgIpc) is 2.97. The fourth-order valence-electron chi connectivity index (χ4n) is 2.66. The molecule has 0 saturated heterocycles. The molecule has 0 saturated carbocycles. The molecule has 5 nitrogen and oxygen atoms in total. The minimum absolute atomic E-state index is 0.0790. The summed E-state index contributed by atoms with van der Waals surface area (Å²) in [5.41, 5.74) is 4.08. The zero-order valence-electron chi connectivity index (χ0n) is 13.0. The number of rotatable bonds is 4. The van der Waals surface area contributed by atoms with Gasteiger partial charge in [-0.05, 0) is 30.7 Å². The van der Waals surface area contributed by atoms with E-state index in [0.29, 0.717) is 0 Å². The molecule has 0 aliphatic carbocycles. The van der Waals surface area contributed by atoms with Crippen LogP contribution in [0.5, 0.6) is 0 Å². The summed E-state index contributed by atoms with van der Waals surface area (Å²) in [5.74, 6) is 0.174. The molecule has 0 amide bonds. The normalized spacial score (nSPS) is 12.1. The number of benzene rings is 2. The highest BCUT2D eigenvalue weighted by atomic mass is 16.6. The van der Waals surface area contributed by atoms with Crippen LogP contribution in [0.4, 0.5) is 5.69 Å². The Kier molecular flexibility index (Phi) is 3.93. The lowest BCUT2D eigenvalue weighted by Crippen LogP contribution is -2.06. The van der Waals surface area contributed by atoms with E-state index >= 15 is 0 Å². The fraction of sp³-hybridized carbons (Fsp3) is 0.167. The van der Waals surface area contributed by atoms with Crippen LogP contribution in [-0.2, 0) is 0 Å². The predicted octanol–water partition coefficient (Wildman–Crippen LogP) is 4.24. The average molecular weight is 307 g/mol. The maximum Gasteiger partial charge on any atom is 0.269 e. The summed E-state index contributed by atoms with van der Waals surface area (Å²) in [6.45, 7) is 4.08. The lowest BCUT2D eigenvalue weighted by Gasteiger charge is -2.14. The van der Waals surface area contributed by atoms with Gasteiger partial charge in [-0.3, -0.25) is 10.1 Å². The number of aryl methyl sites for hydroxylation is 1. The molecule has 3 rings (SSSR count). The van der Waals surface area contributed by atoms with Gasteiger partial charge in [-0.2, -0.15) is 5.10 Å². The largest absolute Gasteiger partial charge is 0.269 e. The molecular formula is C18H17N3O2. The molecule has 0 fully saturated rings. The smallest absolute Gasteiger partial charge is 0.258 e. The zero-order valence-corrected chi connectivity index (χ0v) is 13.0. The first-order valence-electron chi connectivity index (χ1n) is 7.42. The van der Waals surface area contributed by atoms with Crippen LogP contribution >= 0.6 is 0 Å². The number of non-ortho nitro benzene ring substituents is 1. The van der Waals surface area contributed by atoms with Gasteiger partial charge in [-0.25, -0.2) is 4.68 Å². The lowest BCUT2D eigenvalue weighted by molar-refractivity contribution is -0.384. The van der Waals surface area contributed by atoms with E-state index in [4.69, 9.17) is 0 Å². The van der Waals surface area contributed by atoms with E-state index < -0.39 is 4.92 Å². The van der Waals surface area contributed by atoms with Crippen LogP contribution in [0.3, 0.4) is 0 Å². The predicted molar refractivity (Wildman–Crippen MR) is 88.9 cm³/mol. The van der Waals surface area contributed by atoms with Crippen molar-refractivity contribution in [1.29, 1.82) is 0 Å². The third-order valence-corrected chi connectivity index (χ3v) is 3.91. The van der Waals surface area contributed by atoms with Gasteiger partial charge in [-0.1, -0.05) is 37.3 Å². The molecule has 0 spiro atoms. The van der Waals surface area contributed by atoms with Gasteiger partial charge in [0.05, 0.1) is 22.0 Å². The zero-order chi connectivity index (χ0) is 16.4. The molecule has 0 aliphatic rings. The highest BCUT2D eigenvalue weighted by Crippen LogP contribution is 2.27. The summed E-state index contributed by atoms with van der Waals surface area (Å²) in [6.07, 6.45) is 0. The van der Waals surface area contributed by atoms with Crippen molar-refractivity contribution in [2.24, 2.45) is 0 Å². The van der Waals surface area contributed by atoms with Gasteiger partial charge >= 0.3 is 0 Å². The summed E-state index contributed by atoms with van der Waals surface area (Å²) >= 11 is 0. The Labute approximate surface area is 134 Å². The number of hydrogen-bond donors (Lipinski definition) is 0. The van der Waals surface area contributed by atoms with Crippen LogP contribution in [0.25, 0.3) is 5.69 Å². The molecule has 0 radical (unpaired) electrons. The van der Waals surface area contributed by atoms with E-state index in [1.54, 1.807) is 12.1 Å². The third-order valence-electron chi connectivity index (χ3n) is 3.91. The summed E-state index contributed by atoms with van der Waals surface area (Å²) < 4.78 is 1.86. The molecule has 116 valence electrons. The Balaban J connectivity index is 2.02. The molecule has 1 unspecified atom stereocenters. The van der Waals surface area contributed by atoms with E-state index in [-0.39, 0.29) is 11.6 Å². The second kappa shape index (κ2) is 6.04. The summed E-state index contributed by atoms with van der Waals surface area (Å²) in [4.78, 5) is 10.4. The SMILES string of the molecule is Cc1cc(C(C)c2ccccc2)n(-c2ccc([N+](=O)[O-])cc2)n1. The van der Waals surface area contributed by atoms with Gasteiger partial charge in [-0.15, -0.1) is 0 Å². The van der Waals surface area contributed by atoms with Gasteiger partial charge in [0.2, 0.25) is 0 Å². The van der Waals surface area contributed by atoms with E-state index in [2.05, 4.69) is 30.2 Å². The quantitative estimate of drug-likeness (QED) is 0.535. The van der Waals surface area contributed by atoms with Gasteiger partial charge in [0, 0.05) is 18.1 Å². The summed E-state index contributed by atoms with van der Waals surface area (Å²) in [6, 6.07) is 18.7. The van der Waals surface area contributed by atoms with Crippen molar-refractivity contribution in [1.82, 2.24) is 9.78 Å². The van der Waals surface area contributed by atoms with Crippen molar-refractivity contribution < 1.29 is 4.92 Å². The Bertz CT molecular complexity index is 823. The van der Waals surface area contributed by atoms with Crippen LogP contribution in [0.2, 0.25) is 0 Å². The van der Waals surface area contributed by atoms with Crippen LogP contribution in [0.15, 0.2) is 60.7 Å². The molecule has 0 N–H and O–H groups in total. The molecule has 1 heterocycles. The van der Waals surface area contributed by atoms with Crippen LogP contribution in [0.1, 0.15) is 29.8 Å². The Morgan fingerprint density at radius 3 is 2.35 bits per heavy atom. The van der Waals surface area contributed by atoms with E-state index in [9.17, 15) is 10.1 Å². The lowest BCUT2D eigenvalue weighted by atomic mass is 9.97. The molecule has 0 bridgehead atoms. The van der Waals surface area contributed by atoms with Crippen molar-refractivity contribution in [3.63, 3.8) is 0 Å². The summed E-state index contributed by atoms with van der Waals surface area (Å²) in [5, 5.41) is 15.3. The maximum absolute atomic E-state index is 10.8. The van der Waals surface area contributed by atoms with Crippen molar-refractivity contribution >= 4 is 5.69 Å². The molecule has 3 aromatic rings. The van der Waals surface area contributed by atoms with Crippen LogP contribution in [-0.4, -0.2) is 14.7 Å². The van der Waals surface area contributed by atoms with E-state index in [0.717, 1.165) is 17.1 Å². The Morgan fingerprint density at radius 1 is 1.09 bits per heavy atom. The van der Waals surface area contributed by atoms with E-state index in [1.807, 2.05) is 29.8 Å². The number of nitro groups is 1. The molecule has 1 atom stereocenters. The Morgan fingerprint density at radius 2 is 1.74 bits per heavy atom. The standard InChI is InChI=1S/C18H17N3O2/c1-13-12-18(14(2)15-6-4-3-5-7-15)20(19-13)16-8-10-17(11-9-16)21(22)23/h3-12,14H,1-2H3. The first-order valence-corrected chi connectivity index (χ1v) is 7.42. The van der Waals surface area contributed by atoms with Gasteiger partial charge < -0.3 is 0 Å². The van der Waals surface area contributed by atoms with Gasteiger partial charge in [0.15, 0.2) is 0 Å². The first-order chi connectivity index (χ1) is 11.1. The molecule has 1 aromatic heterocycles. The number of hydrogen-bond acceptors (Lipinski definition) is 3. The highest BCUT2D eigenvalue weighted by Gasteiger charge is 2.16. The third kappa shape index (κ3) is 2.99. The van der Waals surface area contributed by atoms with Crippen molar-refractivity contribution in [2.45, 2.75) is 19.8 Å². The molecule has 23 heavy (non-hydrogen) atoms. The first kappa shape index (κ1) is 15.0. The monoisotopic (exact) mass is 307 g/mol. The van der Waals surface area contributed by atoms with Crippen molar-refractivity contribution in [3.8, 4) is 5.69 Å². The number of nitrogens with zero attached hydrogens (tertiary/aromatic N) is 3. The van der Waals surface area contributed by atoms with Gasteiger partial charge in [0.25, 0.3) is 5.69 Å². The van der Waals surface area contributed by atoms with Crippen LogP contribution < -0.4 is 0 Å². The molecular weight excluding hydrogens is 290 g/mol. The Hall–Kier alpha value is -2.95. The number of nitro benzene ring substituents is 1. The summed E-state index contributed by atoms with van der Waals surface area (Å²) in [7, 11) is 0. The maximum atomic E-state index is 10.8. The molecule has 5 heteroatoms. The van der Waals surface area contributed by atoms with Crippen molar-refractivity contribution in [2.75, 3.05) is 0 Å². The second-order valence-corrected chi connectivity index (χ2v) is 5.53. The highest BCUT2D eigenvalue weighted by molar-refractivity contribution is 5.43. The minimum Gasteiger partial charge on any atom is -0.258 e. The van der Waals surface area contributed by atoms with Crippen LogP contribution in [0, 0.1) is 17.0 Å². The second-order valence-electron chi connectivity index (χ2n) is 5.53.